The maximum Gasteiger partial charge on any atom is 0.277 e. The molecule has 2 heterocycles. The van der Waals surface area contributed by atoms with Crippen molar-refractivity contribution in [2.45, 2.75) is 6.92 Å². The first-order valence-electron chi connectivity index (χ1n) is 9.22. The van der Waals surface area contributed by atoms with Gasteiger partial charge < -0.3 is 10.6 Å². The number of aromatic nitrogens is 4. The van der Waals surface area contributed by atoms with Crippen LogP contribution in [-0.2, 0) is 0 Å². The third-order valence-electron chi connectivity index (χ3n) is 4.29. The molecular weight excluding hydrogens is 380 g/mol. The lowest BCUT2D eigenvalue weighted by molar-refractivity contribution is 0.101. The average molecular weight is 398 g/mol. The second kappa shape index (κ2) is 8.36. The molecule has 4 rings (SSSR count). The molecule has 4 aromatic rings. The largest absolute Gasteiger partial charge is 0.319 e. The Morgan fingerprint density at radius 3 is 2.47 bits per heavy atom. The summed E-state index contributed by atoms with van der Waals surface area (Å²) in [5.74, 6) is -0.281. The number of benzene rings is 2. The van der Waals surface area contributed by atoms with Crippen LogP contribution >= 0.6 is 0 Å². The van der Waals surface area contributed by atoms with Gasteiger partial charge in [0.05, 0.1) is 23.8 Å². The first-order valence-corrected chi connectivity index (χ1v) is 9.22. The summed E-state index contributed by atoms with van der Waals surface area (Å²) in [5, 5.41) is 13.4. The first kappa shape index (κ1) is 19.0. The molecule has 30 heavy (non-hydrogen) atoms. The maximum absolute atomic E-state index is 12.4. The number of anilines is 2. The predicted octanol–water partition coefficient (Wildman–Crippen LogP) is 3.48. The molecular formula is C22H18N6O2. The van der Waals surface area contributed by atoms with Crippen LogP contribution in [0.1, 0.15) is 26.4 Å². The second-order valence-corrected chi connectivity index (χ2v) is 6.59. The highest BCUT2D eigenvalue weighted by Crippen LogP contribution is 2.13. The number of aryl methyl sites for hydroxylation is 1. The molecule has 2 aromatic carbocycles. The molecule has 0 spiro atoms. The highest BCUT2D eigenvalue weighted by molar-refractivity contribution is 6.04. The summed E-state index contributed by atoms with van der Waals surface area (Å²) in [6.45, 7) is 1.98. The molecule has 0 bridgehead atoms. The fourth-order valence-electron chi connectivity index (χ4n) is 2.78. The molecule has 2 amide bonds. The molecule has 8 nitrogen and oxygen atoms in total. The Hall–Kier alpha value is -4.33. The predicted molar refractivity (Wildman–Crippen MR) is 113 cm³/mol. The van der Waals surface area contributed by atoms with E-state index in [0.717, 1.165) is 11.3 Å². The quantitative estimate of drug-likeness (QED) is 0.536. The molecule has 0 atom stereocenters. The van der Waals surface area contributed by atoms with Gasteiger partial charge in [0.2, 0.25) is 0 Å². The topological polar surface area (TPSA) is 102 Å². The fourth-order valence-corrected chi connectivity index (χ4v) is 2.78. The van der Waals surface area contributed by atoms with Gasteiger partial charge >= 0.3 is 0 Å². The third kappa shape index (κ3) is 4.39. The number of pyridine rings is 1. The molecule has 148 valence electrons. The van der Waals surface area contributed by atoms with E-state index in [4.69, 9.17) is 0 Å². The number of carbonyl (C=O) groups is 2. The van der Waals surface area contributed by atoms with Gasteiger partial charge in [-0.1, -0.05) is 35.5 Å². The summed E-state index contributed by atoms with van der Waals surface area (Å²) in [4.78, 5) is 28.8. The monoisotopic (exact) mass is 398 g/mol. The number of rotatable bonds is 5. The van der Waals surface area contributed by atoms with Crippen LogP contribution in [-0.4, -0.2) is 31.8 Å². The Balaban J connectivity index is 1.40. The molecule has 0 aliphatic heterocycles. The van der Waals surface area contributed by atoms with Gasteiger partial charge in [-0.2, -0.15) is 0 Å². The zero-order chi connectivity index (χ0) is 20.9. The van der Waals surface area contributed by atoms with Gasteiger partial charge in [0.25, 0.3) is 11.8 Å². The van der Waals surface area contributed by atoms with Gasteiger partial charge in [-0.15, -0.1) is 5.10 Å². The summed E-state index contributed by atoms with van der Waals surface area (Å²) in [7, 11) is 0. The summed E-state index contributed by atoms with van der Waals surface area (Å²) in [5.41, 5.74) is 3.09. The van der Waals surface area contributed by atoms with Crippen molar-refractivity contribution in [1.29, 1.82) is 0 Å². The standard InChI is InChI=1S/C22H18N6O2/c1-15-6-5-9-18(12-15)28-14-19(26-27-28)22(30)24-17-10-11-20(23-13-17)25-21(29)16-7-3-2-4-8-16/h2-14H,1H3,(H,24,30)(H,23,25,29). The van der Waals surface area contributed by atoms with E-state index in [1.54, 1.807) is 47.3 Å². The molecule has 0 saturated carbocycles. The third-order valence-corrected chi connectivity index (χ3v) is 4.29. The minimum Gasteiger partial charge on any atom is -0.319 e. The smallest absolute Gasteiger partial charge is 0.277 e. The molecule has 2 aromatic heterocycles. The molecule has 0 aliphatic rings. The average Bonchev–Trinajstić information content (AvgIpc) is 3.26. The van der Waals surface area contributed by atoms with Crippen LogP contribution in [0.5, 0.6) is 0 Å². The van der Waals surface area contributed by atoms with Crippen molar-refractivity contribution in [2.24, 2.45) is 0 Å². The van der Waals surface area contributed by atoms with Gasteiger partial charge in [-0.05, 0) is 48.9 Å². The van der Waals surface area contributed by atoms with Crippen molar-refractivity contribution in [1.82, 2.24) is 20.0 Å². The van der Waals surface area contributed by atoms with Gasteiger partial charge in [0.1, 0.15) is 5.82 Å². The van der Waals surface area contributed by atoms with Crippen molar-refractivity contribution >= 4 is 23.3 Å². The van der Waals surface area contributed by atoms with E-state index in [9.17, 15) is 9.59 Å². The Bertz CT molecular complexity index is 1190. The molecule has 0 saturated heterocycles. The van der Waals surface area contributed by atoms with Gasteiger partial charge in [0, 0.05) is 5.56 Å². The summed E-state index contributed by atoms with van der Waals surface area (Å²) < 4.78 is 1.54. The molecule has 0 fully saturated rings. The van der Waals surface area contributed by atoms with Crippen LogP contribution in [0.15, 0.2) is 79.1 Å². The molecule has 8 heteroatoms. The van der Waals surface area contributed by atoms with E-state index >= 15 is 0 Å². The summed E-state index contributed by atoms with van der Waals surface area (Å²) in [6, 6.07) is 19.8. The minimum atomic E-state index is -0.406. The number of nitrogens with one attached hydrogen (secondary N) is 2. The van der Waals surface area contributed by atoms with E-state index in [-0.39, 0.29) is 11.6 Å². The van der Waals surface area contributed by atoms with Crippen LogP contribution in [0.3, 0.4) is 0 Å². The van der Waals surface area contributed by atoms with Crippen molar-refractivity contribution in [3.63, 3.8) is 0 Å². The van der Waals surface area contributed by atoms with Crippen molar-refractivity contribution in [2.75, 3.05) is 10.6 Å². The van der Waals surface area contributed by atoms with Crippen molar-refractivity contribution < 1.29 is 9.59 Å². The van der Waals surface area contributed by atoms with Crippen molar-refractivity contribution in [3.05, 3.63) is 95.9 Å². The lowest BCUT2D eigenvalue weighted by Gasteiger charge is -2.06. The van der Waals surface area contributed by atoms with E-state index in [1.807, 2.05) is 37.3 Å². The Morgan fingerprint density at radius 2 is 1.73 bits per heavy atom. The highest BCUT2D eigenvalue weighted by Gasteiger charge is 2.13. The number of amides is 2. The molecule has 0 unspecified atom stereocenters. The zero-order valence-electron chi connectivity index (χ0n) is 16.1. The van der Waals surface area contributed by atoms with Crippen LogP contribution in [0.4, 0.5) is 11.5 Å². The zero-order valence-corrected chi connectivity index (χ0v) is 16.1. The van der Waals surface area contributed by atoms with Gasteiger partial charge in [-0.3, -0.25) is 9.59 Å². The lowest BCUT2D eigenvalue weighted by Crippen LogP contribution is -2.14. The summed E-state index contributed by atoms with van der Waals surface area (Å²) in [6.07, 6.45) is 3.02. The fraction of sp³-hybridized carbons (Fsp3) is 0.0455. The lowest BCUT2D eigenvalue weighted by atomic mass is 10.2. The SMILES string of the molecule is Cc1cccc(-n2cc(C(=O)Nc3ccc(NC(=O)c4ccccc4)nc3)nn2)c1. The normalized spacial score (nSPS) is 10.4. The Labute approximate surface area is 172 Å². The van der Waals surface area contributed by atoms with Crippen LogP contribution in [0, 0.1) is 6.92 Å². The number of nitrogens with zero attached hydrogens (tertiary/aromatic N) is 4. The maximum atomic E-state index is 12.4. The van der Waals surface area contributed by atoms with E-state index in [0.29, 0.717) is 17.1 Å². The van der Waals surface area contributed by atoms with Crippen LogP contribution < -0.4 is 10.6 Å². The van der Waals surface area contributed by atoms with Crippen LogP contribution in [0.25, 0.3) is 5.69 Å². The van der Waals surface area contributed by atoms with Crippen molar-refractivity contribution in [3.8, 4) is 5.69 Å². The Morgan fingerprint density at radius 1 is 0.900 bits per heavy atom. The van der Waals surface area contributed by atoms with E-state index in [2.05, 4.69) is 25.9 Å². The van der Waals surface area contributed by atoms with Gasteiger partial charge in [-0.25, -0.2) is 9.67 Å². The van der Waals surface area contributed by atoms with E-state index < -0.39 is 5.91 Å². The van der Waals surface area contributed by atoms with Crippen LogP contribution in [0.2, 0.25) is 0 Å². The first-order chi connectivity index (χ1) is 14.6. The molecule has 0 radical (unpaired) electrons. The minimum absolute atomic E-state index is 0.179. The van der Waals surface area contributed by atoms with E-state index in [1.165, 1.54) is 6.20 Å². The number of hydrogen-bond donors (Lipinski definition) is 2. The Kier molecular flexibility index (Phi) is 5.29. The molecule has 2 N–H and O–H groups in total. The van der Waals surface area contributed by atoms with Gasteiger partial charge in [0.15, 0.2) is 5.69 Å². The summed E-state index contributed by atoms with van der Waals surface area (Å²) >= 11 is 0. The second-order valence-electron chi connectivity index (χ2n) is 6.59. The highest BCUT2D eigenvalue weighted by atomic mass is 16.2. The number of hydrogen-bond acceptors (Lipinski definition) is 5. The number of carbonyl (C=O) groups excluding carboxylic acids is 2. The molecule has 0 aliphatic carbocycles.